The fourth-order valence-corrected chi connectivity index (χ4v) is 6.32. The number of amides is 1. The van der Waals surface area contributed by atoms with Gasteiger partial charge in [-0.25, -0.2) is 13.4 Å². The van der Waals surface area contributed by atoms with Gasteiger partial charge >= 0.3 is 5.97 Å². The lowest BCUT2D eigenvalue weighted by Gasteiger charge is -2.30. The second-order valence-corrected chi connectivity index (χ2v) is 11.0. The first-order chi connectivity index (χ1) is 15.8. The van der Waals surface area contributed by atoms with Crippen LogP contribution in [0.5, 0.6) is 0 Å². The molecular formula is C22H22ClN3O5S2. The molecule has 1 amide bonds. The number of fused-ring (bicyclic) bond motifs is 1. The highest BCUT2D eigenvalue weighted by atomic mass is 35.5. The normalized spacial score (nSPS) is 17.1. The number of hydrogen-bond donors (Lipinski definition) is 1. The Kier molecular flexibility index (Phi) is 6.99. The number of aromatic nitrogens is 1. The molecule has 33 heavy (non-hydrogen) atoms. The van der Waals surface area contributed by atoms with Crippen molar-refractivity contribution in [2.24, 2.45) is 5.92 Å². The van der Waals surface area contributed by atoms with E-state index in [0.29, 0.717) is 35.1 Å². The lowest BCUT2D eigenvalue weighted by molar-refractivity contribution is -0.149. The molecule has 2 heterocycles. The van der Waals surface area contributed by atoms with E-state index >= 15 is 0 Å². The van der Waals surface area contributed by atoms with Gasteiger partial charge in [0.2, 0.25) is 10.0 Å². The number of anilines is 1. The first-order valence-electron chi connectivity index (χ1n) is 10.4. The molecule has 0 aliphatic carbocycles. The lowest BCUT2D eigenvalue weighted by Crippen LogP contribution is -2.42. The number of ether oxygens (including phenoxy) is 1. The second kappa shape index (κ2) is 9.76. The Balaban J connectivity index is 1.46. The van der Waals surface area contributed by atoms with Crippen molar-refractivity contribution in [3.05, 3.63) is 53.1 Å². The molecule has 0 radical (unpaired) electrons. The maximum Gasteiger partial charge on any atom is 0.310 e. The van der Waals surface area contributed by atoms with Gasteiger partial charge in [-0.3, -0.25) is 14.9 Å². The number of sulfonamides is 1. The van der Waals surface area contributed by atoms with Crippen LogP contribution in [0.4, 0.5) is 5.13 Å². The molecule has 8 nitrogen and oxygen atoms in total. The van der Waals surface area contributed by atoms with E-state index in [-0.39, 0.29) is 24.0 Å². The number of thiazole rings is 1. The van der Waals surface area contributed by atoms with Gasteiger partial charge in [0, 0.05) is 23.7 Å². The van der Waals surface area contributed by atoms with E-state index in [4.69, 9.17) is 16.3 Å². The zero-order valence-electron chi connectivity index (χ0n) is 17.8. The third-order valence-corrected chi connectivity index (χ3v) is 8.38. The van der Waals surface area contributed by atoms with Gasteiger partial charge in [-0.2, -0.15) is 4.31 Å². The lowest BCUT2D eigenvalue weighted by atomic mass is 10.0. The SMILES string of the molecule is CCOC(=O)C1CCCN(S(=O)(=O)c2ccc(C(=O)Nc3nc4ccc(Cl)cc4s3)cc2)C1. The van der Waals surface area contributed by atoms with Gasteiger partial charge in [-0.1, -0.05) is 22.9 Å². The fraction of sp³-hybridized carbons (Fsp3) is 0.318. The van der Waals surface area contributed by atoms with Crippen LogP contribution in [-0.4, -0.2) is 49.3 Å². The predicted molar refractivity (Wildman–Crippen MR) is 127 cm³/mol. The van der Waals surface area contributed by atoms with E-state index in [0.717, 1.165) is 10.2 Å². The van der Waals surface area contributed by atoms with Crippen LogP contribution in [0.2, 0.25) is 5.02 Å². The summed E-state index contributed by atoms with van der Waals surface area (Å²) in [4.78, 5) is 29.1. The zero-order chi connectivity index (χ0) is 23.6. The van der Waals surface area contributed by atoms with E-state index in [1.807, 2.05) is 0 Å². The Morgan fingerprint density at radius 1 is 1.24 bits per heavy atom. The highest BCUT2D eigenvalue weighted by Crippen LogP contribution is 2.29. The van der Waals surface area contributed by atoms with Gasteiger partial charge in [0.05, 0.1) is 27.6 Å². The summed E-state index contributed by atoms with van der Waals surface area (Å²) in [5.74, 6) is -1.24. The number of rotatable bonds is 6. The molecular weight excluding hydrogens is 486 g/mol. The molecule has 1 fully saturated rings. The summed E-state index contributed by atoms with van der Waals surface area (Å²) in [5.41, 5.74) is 1.03. The summed E-state index contributed by atoms with van der Waals surface area (Å²) in [6.45, 7) is 2.41. The van der Waals surface area contributed by atoms with Crippen LogP contribution in [0.3, 0.4) is 0 Å². The molecule has 174 valence electrons. The molecule has 2 aromatic carbocycles. The molecule has 1 saturated heterocycles. The molecule has 11 heteroatoms. The highest BCUT2D eigenvalue weighted by molar-refractivity contribution is 7.89. The molecule has 1 atom stereocenters. The monoisotopic (exact) mass is 507 g/mol. The van der Waals surface area contributed by atoms with Crippen molar-refractivity contribution in [2.75, 3.05) is 25.0 Å². The van der Waals surface area contributed by atoms with Gasteiger partial charge in [0.25, 0.3) is 5.91 Å². The summed E-state index contributed by atoms with van der Waals surface area (Å²) in [6, 6.07) is 11.0. The first-order valence-corrected chi connectivity index (χ1v) is 13.1. The number of carbonyl (C=O) groups is 2. The standard InChI is InChI=1S/C22H22ClN3O5S2/c1-2-31-21(28)15-4-3-11-26(13-15)33(29,30)17-8-5-14(6-9-17)20(27)25-22-24-18-10-7-16(23)12-19(18)32-22/h5-10,12,15H,2-4,11,13H2,1H3,(H,24,25,27). The third kappa shape index (κ3) is 5.19. The van der Waals surface area contributed by atoms with Crippen molar-refractivity contribution in [1.82, 2.24) is 9.29 Å². The molecule has 1 aliphatic rings. The van der Waals surface area contributed by atoms with Gasteiger partial charge in [-0.05, 0) is 62.2 Å². The second-order valence-electron chi connectivity index (χ2n) is 7.56. The summed E-state index contributed by atoms with van der Waals surface area (Å²) >= 11 is 7.29. The van der Waals surface area contributed by atoms with Crippen molar-refractivity contribution < 1.29 is 22.7 Å². The quantitative estimate of drug-likeness (QED) is 0.502. The van der Waals surface area contributed by atoms with E-state index in [2.05, 4.69) is 10.3 Å². The number of halogens is 1. The topological polar surface area (TPSA) is 106 Å². The number of carbonyl (C=O) groups excluding carboxylic acids is 2. The molecule has 3 aromatic rings. The van der Waals surface area contributed by atoms with Gasteiger partial charge in [-0.15, -0.1) is 0 Å². The fourth-order valence-electron chi connectivity index (χ4n) is 3.66. The van der Waals surface area contributed by atoms with Gasteiger partial charge < -0.3 is 4.74 Å². The molecule has 0 bridgehead atoms. The number of piperidine rings is 1. The smallest absolute Gasteiger partial charge is 0.310 e. The van der Waals surface area contributed by atoms with E-state index in [1.54, 1.807) is 25.1 Å². The minimum atomic E-state index is -3.80. The minimum Gasteiger partial charge on any atom is -0.466 e. The van der Waals surface area contributed by atoms with Gasteiger partial charge in [0.15, 0.2) is 5.13 Å². The average molecular weight is 508 g/mol. The number of esters is 1. The Morgan fingerprint density at radius 3 is 2.73 bits per heavy atom. The average Bonchev–Trinajstić information content (AvgIpc) is 3.20. The maximum atomic E-state index is 13.1. The largest absolute Gasteiger partial charge is 0.466 e. The molecule has 0 spiro atoms. The van der Waals surface area contributed by atoms with Crippen LogP contribution < -0.4 is 5.32 Å². The zero-order valence-corrected chi connectivity index (χ0v) is 20.2. The van der Waals surface area contributed by atoms with Gasteiger partial charge in [0.1, 0.15) is 0 Å². The van der Waals surface area contributed by atoms with E-state index in [9.17, 15) is 18.0 Å². The Labute approximate surface area is 200 Å². The number of nitrogens with one attached hydrogen (secondary N) is 1. The summed E-state index contributed by atoms with van der Waals surface area (Å²) in [7, 11) is -3.80. The molecule has 1 N–H and O–H groups in total. The number of hydrogen-bond acceptors (Lipinski definition) is 7. The van der Waals surface area contributed by atoms with Crippen LogP contribution in [-0.2, 0) is 19.6 Å². The van der Waals surface area contributed by atoms with Crippen molar-refractivity contribution in [2.45, 2.75) is 24.7 Å². The van der Waals surface area contributed by atoms with Crippen LogP contribution in [0.15, 0.2) is 47.4 Å². The Hall–Kier alpha value is -2.53. The predicted octanol–water partition coefficient (Wildman–Crippen LogP) is 4.17. The van der Waals surface area contributed by atoms with Crippen molar-refractivity contribution in [3.63, 3.8) is 0 Å². The summed E-state index contributed by atoms with van der Waals surface area (Å²) in [5, 5.41) is 3.74. The Bertz CT molecular complexity index is 1290. The Morgan fingerprint density at radius 2 is 2.00 bits per heavy atom. The summed E-state index contributed by atoms with van der Waals surface area (Å²) < 4.78 is 33.3. The highest BCUT2D eigenvalue weighted by Gasteiger charge is 2.34. The molecule has 4 rings (SSSR count). The number of nitrogens with zero attached hydrogens (tertiary/aromatic N) is 2. The van der Waals surface area contributed by atoms with Crippen molar-refractivity contribution in [1.29, 1.82) is 0 Å². The maximum absolute atomic E-state index is 13.1. The van der Waals surface area contributed by atoms with Crippen molar-refractivity contribution in [3.8, 4) is 0 Å². The molecule has 1 unspecified atom stereocenters. The molecule has 1 aromatic heterocycles. The molecule has 0 saturated carbocycles. The number of benzene rings is 2. The van der Waals surface area contributed by atoms with E-state index < -0.39 is 21.8 Å². The summed E-state index contributed by atoms with van der Waals surface area (Å²) in [6.07, 6.45) is 1.18. The minimum absolute atomic E-state index is 0.0678. The first kappa shape index (κ1) is 23.6. The van der Waals surface area contributed by atoms with Crippen LogP contribution in [0, 0.1) is 5.92 Å². The third-order valence-electron chi connectivity index (χ3n) is 5.33. The van der Waals surface area contributed by atoms with Crippen LogP contribution in [0.25, 0.3) is 10.2 Å². The van der Waals surface area contributed by atoms with Crippen LogP contribution in [0.1, 0.15) is 30.1 Å². The molecule has 1 aliphatic heterocycles. The van der Waals surface area contributed by atoms with Crippen LogP contribution >= 0.6 is 22.9 Å². The van der Waals surface area contributed by atoms with E-state index in [1.165, 1.54) is 39.9 Å². The van der Waals surface area contributed by atoms with Crippen molar-refractivity contribution >= 4 is 60.2 Å².